The minimum atomic E-state index is 0.873. The van der Waals surface area contributed by atoms with Crippen molar-refractivity contribution >= 4 is 0 Å². The Morgan fingerprint density at radius 1 is 1.29 bits per heavy atom. The highest BCUT2D eigenvalue weighted by Crippen LogP contribution is 2.05. The van der Waals surface area contributed by atoms with Gasteiger partial charge in [0.25, 0.3) is 0 Å². The van der Waals surface area contributed by atoms with E-state index in [9.17, 15) is 0 Å². The average Bonchev–Trinajstić information content (AvgIpc) is 2.25. The normalized spacial score (nSPS) is 16.1. The molecule has 0 heterocycles. The van der Waals surface area contributed by atoms with Crippen molar-refractivity contribution in [3.63, 3.8) is 0 Å². The van der Waals surface area contributed by atoms with E-state index in [1.807, 2.05) is 18.2 Å². The average molecular weight is 187 g/mol. The summed E-state index contributed by atoms with van der Waals surface area (Å²) in [5, 5.41) is 3.33. The van der Waals surface area contributed by atoms with E-state index in [1.165, 1.54) is 12.1 Å². The Morgan fingerprint density at radius 2 is 2.21 bits per heavy atom. The maximum absolute atomic E-state index is 3.60. The van der Waals surface area contributed by atoms with Gasteiger partial charge in [-0.05, 0) is 18.9 Å². The van der Waals surface area contributed by atoms with E-state index in [1.54, 1.807) is 6.08 Å². The first kappa shape index (κ1) is 10.6. The van der Waals surface area contributed by atoms with Crippen LogP contribution >= 0.6 is 0 Å². The summed E-state index contributed by atoms with van der Waals surface area (Å²) in [7, 11) is 0. The lowest BCUT2D eigenvalue weighted by atomic mass is 10.1. The highest BCUT2D eigenvalue weighted by Gasteiger charge is 1.92. The maximum Gasteiger partial charge on any atom is 0.0333 e. The van der Waals surface area contributed by atoms with Crippen molar-refractivity contribution in [2.45, 2.75) is 12.8 Å². The predicted molar refractivity (Wildman–Crippen MR) is 62.9 cm³/mol. The molecule has 0 aromatic rings. The second-order valence-corrected chi connectivity index (χ2v) is 3.07. The van der Waals surface area contributed by atoms with Crippen LogP contribution in [0.3, 0.4) is 0 Å². The molecular weight excluding hydrogens is 170 g/mol. The van der Waals surface area contributed by atoms with Gasteiger partial charge in [-0.25, -0.2) is 0 Å². The van der Waals surface area contributed by atoms with Gasteiger partial charge in [0.15, 0.2) is 0 Å². The van der Waals surface area contributed by atoms with Gasteiger partial charge < -0.3 is 5.32 Å². The van der Waals surface area contributed by atoms with Crippen LogP contribution in [0, 0.1) is 0 Å². The Morgan fingerprint density at radius 3 is 2.93 bits per heavy atom. The summed E-state index contributed by atoms with van der Waals surface area (Å²) in [6.45, 7) is 4.47. The second-order valence-electron chi connectivity index (χ2n) is 3.07. The zero-order chi connectivity index (χ0) is 10.1. The number of rotatable bonds is 5. The minimum absolute atomic E-state index is 0.873. The zero-order valence-electron chi connectivity index (χ0n) is 8.45. The fourth-order valence-electron chi connectivity index (χ4n) is 1.21. The summed E-state index contributed by atoms with van der Waals surface area (Å²) in [4.78, 5) is 0. The first-order chi connectivity index (χ1) is 6.93. The maximum atomic E-state index is 3.60. The van der Waals surface area contributed by atoms with E-state index >= 15 is 0 Å². The first-order valence-electron chi connectivity index (χ1n) is 4.98. The number of nitrogens with one attached hydrogen (secondary N) is 1. The number of hydrogen-bond acceptors (Lipinski definition) is 1. The van der Waals surface area contributed by atoms with Crippen LogP contribution in [0.25, 0.3) is 0 Å². The van der Waals surface area contributed by atoms with Crippen molar-refractivity contribution in [1.29, 1.82) is 0 Å². The van der Waals surface area contributed by atoms with Gasteiger partial charge in [0.2, 0.25) is 0 Å². The minimum Gasteiger partial charge on any atom is -0.382 e. The Balaban J connectivity index is 2.17. The molecule has 1 nitrogen and oxygen atoms in total. The van der Waals surface area contributed by atoms with Crippen molar-refractivity contribution in [2.75, 3.05) is 6.54 Å². The van der Waals surface area contributed by atoms with Gasteiger partial charge in [-0.1, -0.05) is 49.1 Å². The molecule has 0 radical (unpaired) electrons. The summed E-state index contributed by atoms with van der Waals surface area (Å²) >= 11 is 0. The fraction of sp³-hybridized carbons (Fsp3) is 0.231. The largest absolute Gasteiger partial charge is 0.382 e. The van der Waals surface area contributed by atoms with Crippen LogP contribution in [0.5, 0.6) is 0 Å². The molecule has 0 saturated carbocycles. The Labute approximate surface area is 86.2 Å². The van der Waals surface area contributed by atoms with Crippen LogP contribution in [0.15, 0.2) is 60.9 Å². The number of allylic oxidation sites excluding steroid dienone is 7. The van der Waals surface area contributed by atoms with E-state index < -0.39 is 0 Å². The lowest BCUT2D eigenvalue weighted by Crippen LogP contribution is -2.12. The highest BCUT2D eigenvalue weighted by molar-refractivity contribution is 5.21. The second kappa shape index (κ2) is 6.96. The highest BCUT2D eigenvalue weighted by atomic mass is 14.9. The molecule has 0 bridgehead atoms. The summed E-state index contributed by atoms with van der Waals surface area (Å²) in [6.07, 6.45) is 18.6. The smallest absolute Gasteiger partial charge is 0.0333 e. The van der Waals surface area contributed by atoms with Crippen LogP contribution in [-0.4, -0.2) is 6.54 Å². The van der Waals surface area contributed by atoms with Crippen LogP contribution in [0.1, 0.15) is 12.8 Å². The third kappa shape index (κ3) is 4.51. The van der Waals surface area contributed by atoms with Gasteiger partial charge in [-0.15, -0.1) is 0 Å². The standard InChI is InChI=1S/C13H17N/c1-2-3-4-5-9-12-14-13-10-7-6-8-11-13/h2-5,7,9-11,14H,1,6,8,12H2/b4-3-,9-5-. The Bertz CT molecular complexity index is 280. The van der Waals surface area contributed by atoms with E-state index in [-0.39, 0.29) is 0 Å². The molecule has 0 spiro atoms. The van der Waals surface area contributed by atoms with Crippen molar-refractivity contribution in [1.82, 2.24) is 5.32 Å². The topological polar surface area (TPSA) is 12.0 Å². The van der Waals surface area contributed by atoms with E-state index in [0.29, 0.717) is 0 Å². The molecule has 1 rings (SSSR count). The fourth-order valence-corrected chi connectivity index (χ4v) is 1.21. The molecule has 1 aliphatic carbocycles. The van der Waals surface area contributed by atoms with Gasteiger partial charge in [-0.3, -0.25) is 0 Å². The summed E-state index contributed by atoms with van der Waals surface area (Å²) in [5.41, 5.74) is 1.23. The first-order valence-corrected chi connectivity index (χ1v) is 4.98. The summed E-state index contributed by atoms with van der Waals surface area (Å²) in [6, 6.07) is 0. The third-order valence-electron chi connectivity index (χ3n) is 1.91. The number of hydrogen-bond donors (Lipinski definition) is 1. The van der Waals surface area contributed by atoms with Gasteiger partial charge in [-0.2, -0.15) is 0 Å². The quantitative estimate of drug-likeness (QED) is 0.652. The summed E-state index contributed by atoms with van der Waals surface area (Å²) in [5.74, 6) is 0. The van der Waals surface area contributed by atoms with E-state index in [4.69, 9.17) is 0 Å². The van der Waals surface area contributed by atoms with E-state index in [2.05, 4.69) is 36.2 Å². The van der Waals surface area contributed by atoms with Crippen molar-refractivity contribution < 1.29 is 0 Å². The van der Waals surface area contributed by atoms with Crippen molar-refractivity contribution in [3.8, 4) is 0 Å². The molecule has 0 fully saturated rings. The van der Waals surface area contributed by atoms with Gasteiger partial charge in [0.1, 0.15) is 0 Å². The predicted octanol–water partition coefficient (Wildman–Crippen LogP) is 3.11. The third-order valence-corrected chi connectivity index (χ3v) is 1.91. The zero-order valence-corrected chi connectivity index (χ0v) is 8.45. The van der Waals surface area contributed by atoms with Crippen LogP contribution in [0.2, 0.25) is 0 Å². The Hall–Kier alpha value is -1.50. The van der Waals surface area contributed by atoms with Gasteiger partial charge in [0, 0.05) is 12.2 Å². The molecule has 74 valence electrons. The molecule has 0 aromatic carbocycles. The van der Waals surface area contributed by atoms with Gasteiger partial charge >= 0.3 is 0 Å². The lowest BCUT2D eigenvalue weighted by molar-refractivity contribution is 0.890. The molecule has 0 unspecified atom stereocenters. The molecule has 1 heteroatoms. The molecule has 1 aliphatic rings. The van der Waals surface area contributed by atoms with Crippen LogP contribution in [0.4, 0.5) is 0 Å². The SMILES string of the molecule is C=C/C=C\C=C/CNC1=CCCC=C1. The molecule has 0 saturated heterocycles. The molecule has 0 amide bonds. The molecule has 14 heavy (non-hydrogen) atoms. The van der Waals surface area contributed by atoms with Gasteiger partial charge in [0.05, 0.1) is 0 Å². The molecule has 1 N–H and O–H groups in total. The molecule has 0 aliphatic heterocycles. The van der Waals surface area contributed by atoms with Crippen molar-refractivity contribution in [3.05, 3.63) is 60.9 Å². The molecule has 0 atom stereocenters. The monoisotopic (exact) mass is 187 g/mol. The van der Waals surface area contributed by atoms with E-state index in [0.717, 1.165) is 13.0 Å². The lowest BCUT2D eigenvalue weighted by Gasteiger charge is -2.07. The van der Waals surface area contributed by atoms with Crippen molar-refractivity contribution in [2.24, 2.45) is 0 Å². The molecular formula is C13H17N. The summed E-state index contributed by atoms with van der Waals surface area (Å²) < 4.78 is 0. The molecule has 0 aromatic heterocycles. The van der Waals surface area contributed by atoms with Crippen LogP contribution in [-0.2, 0) is 0 Å². The Kier molecular flexibility index (Phi) is 5.26. The van der Waals surface area contributed by atoms with Crippen LogP contribution < -0.4 is 5.32 Å².